The lowest BCUT2D eigenvalue weighted by Gasteiger charge is -2.58. The minimum atomic E-state index is -0.288. The number of ether oxygens (including phenoxy) is 1. The summed E-state index contributed by atoms with van der Waals surface area (Å²) in [5.74, 6) is 2.38. The predicted molar refractivity (Wildman–Crippen MR) is 111 cm³/mol. The van der Waals surface area contributed by atoms with E-state index >= 15 is 0 Å². The molecule has 4 rings (SSSR count). The fourth-order valence-electron chi connectivity index (χ4n) is 7.68. The first kappa shape index (κ1) is 20.4. The highest BCUT2D eigenvalue weighted by Crippen LogP contribution is 2.67. The fourth-order valence-corrected chi connectivity index (χ4v) is 7.68. The van der Waals surface area contributed by atoms with Crippen molar-refractivity contribution in [2.24, 2.45) is 34.5 Å². The lowest BCUT2D eigenvalue weighted by Crippen LogP contribution is -2.50. The van der Waals surface area contributed by atoms with Gasteiger partial charge in [0.05, 0.1) is 6.07 Å². The van der Waals surface area contributed by atoms with Crippen molar-refractivity contribution in [2.75, 3.05) is 6.61 Å². The molecule has 3 fully saturated rings. The lowest BCUT2D eigenvalue weighted by molar-refractivity contribution is -0.140. The Morgan fingerprint density at radius 1 is 1.21 bits per heavy atom. The van der Waals surface area contributed by atoms with Crippen LogP contribution in [0, 0.1) is 45.8 Å². The average molecular weight is 396 g/mol. The molecule has 0 saturated heterocycles. The van der Waals surface area contributed by atoms with Crippen LogP contribution in [-0.2, 0) is 14.3 Å². The van der Waals surface area contributed by atoms with E-state index in [1.54, 1.807) is 6.08 Å². The first-order valence-electron chi connectivity index (χ1n) is 11.3. The van der Waals surface area contributed by atoms with Gasteiger partial charge >= 0.3 is 5.97 Å². The largest absolute Gasteiger partial charge is 0.461 e. The van der Waals surface area contributed by atoms with Crippen molar-refractivity contribution in [2.45, 2.75) is 72.1 Å². The summed E-state index contributed by atoms with van der Waals surface area (Å²) in [6.07, 6.45) is 12.2. The van der Waals surface area contributed by atoms with E-state index in [0.29, 0.717) is 35.9 Å². The van der Waals surface area contributed by atoms with Crippen LogP contribution in [0.1, 0.15) is 72.1 Å². The van der Waals surface area contributed by atoms with Crippen LogP contribution >= 0.6 is 0 Å². The molecule has 29 heavy (non-hydrogen) atoms. The zero-order valence-electron chi connectivity index (χ0n) is 18.0. The third-order valence-electron chi connectivity index (χ3n) is 9.10. The fraction of sp³-hybridized carbons (Fsp3) is 0.720. The highest BCUT2D eigenvalue weighted by molar-refractivity contribution is 5.91. The Bertz CT molecular complexity index is 818. The second kappa shape index (κ2) is 7.42. The minimum absolute atomic E-state index is 0.173. The van der Waals surface area contributed by atoms with E-state index in [4.69, 9.17) is 4.74 Å². The first-order chi connectivity index (χ1) is 13.8. The number of allylic oxidation sites excluding steroid dienone is 2. The smallest absolute Gasteiger partial charge is 0.302 e. The molecule has 0 aromatic rings. The summed E-state index contributed by atoms with van der Waals surface area (Å²) in [6, 6.07) is 2.19. The van der Waals surface area contributed by atoms with Crippen LogP contribution < -0.4 is 0 Å². The number of fused-ring (bicyclic) bond motifs is 5. The second-order valence-electron chi connectivity index (χ2n) is 10.3. The molecule has 0 radical (unpaired) electrons. The number of esters is 1. The molecule has 0 unspecified atom stereocenters. The van der Waals surface area contributed by atoms with E-state index in [1.165, 1.54) is 31.8 Å². The molecular weight excluding hydrogens is 362 g/mol. The molecule has 0 heterocycles. The summed E-state index contributed by atoms with van der Waals surface area (Å²) < 4.78 is 5.30. The average Bonchev–Trinajstić information content (AvgIpc) is 3.03. The van der Waals surface area contributed by atoms with Gasteiger partial charge in [-0.2, -0.15) is 5.26 Å². The number of hydrogen-bond acceptors (Lipinski definition) is 4. The number of nitrogens with zero attached hydrogens (tertiary/aromatic N) is 1. The van der Waals surface area contributed by atoms with Crippen LogP contribution in [-0.4, -0.2) is 18.4 Å². The molecule has 0 amide bonds. The van der Waals surface area contributed by atoms with Crippen LogP contribution in [0.4, 0.5) is 0 Å². The van der Waals surface area contributed by atoms with Crippen molar-refractivity contribution in [1.29, 1.82) is 5.26 Å². The third kappa shape index (κ3) is 3.27. The zero-order valence-corrected chi connectivity index (χ0v) is 18.0. The first-order valence-corrected chi connectivity index (χ1v) is 11.3. The Morgan fingerprint density at radius 3 is 2.72 bits per heavy atom. The Labute approximate surface area is 174 Å². The van der Waals surface area contributed by atoms with Gasteiger partial charge in [-0.25, -0.2) is 0 Å². The molecule has 0 N–H and O–H groups in total. The zero-order chi connectivity index (χ0) is 20.8. The predicted octanol–water partition coefficient (Wildman–Crippen LogP) is 5.15. The molecule has 0 bridgehead atoms. The molecule has 0 spiro atoms. The van der Waals surface area contributed by atoms with Crippen molar-refractivity contribution < 1.29 is 14.3 Å². The van der Waals surface area contributed by atoms with E-state index in [1.807, 2.05) is 6.08 Å². The molecule has 4 aliphatic carbocycles. The molecule has 0 aromatic heterocycles. The van der Waals surface area contributed by atoms with Crippen molar-refractivity contribution in [3.8, 4) is 6.07 Å². The SMILES string of the molecule is CC(=O)OCC(=CC#N)[C@H]1CC[C@H]2[C@@H]3CCC4=CC(=O)CC[C@]4(C)[C@H]3CC[C@]12C. The van der Waals surface area contributed by atoms with Crippen LogP contribution in [0.25, 0.3) is 0 Å². The van der Waals surface area contributed by atoms with E-state index in [-0.39, 0.29) is 23.4 Å². The van der Waals surface area contributed by atoms with E-state index in [0.717, 1.165) is 31.3 Å². The van der Waals surface area contributed by atoms with Crippen LogP contribution in [0.3, 0.4) is 0 Å². The number of hydrogen-bond donors (Lipinski definition) is 0. The molecular formula is C25H33NO3. The number of carbonyl (C=O) groups is 2. The highest BCUT2D eigenvalue weighted by atomic mass is 16.5. The van der Waals surface area contributed by atoms with Crippen molar-refractivity contribution >= 4 is 11.8 Å². The maximum absolute atomic E-state index is 12.0. The Morgan fingerprint density at radius 2 is 2.00 bits per heavy atom. The molecule has 6 atom stereocenters. The number of rotatable bonds is 3. The quantitative estimate of drug-likeness (QED) is 0.490. The van der Waals surface area contributed by atoms with Crippen LogP contribution in [0.15, 0.2) is 23.3 Å². The Hall–Kier alpha value is -1.89. The molecule has 4 heteroatoms. The Balaban J connectivity index is 1.60. The summed E-state index contributed by atoms with van der Waals surface area (Å²) in [4.78, 5) is 23.3. The number of ketones is 1. The molecule has 4 aliphatic rings. The van der Waals surface area contributed by atoms with Crippen molar-refractivity contribution in [1.82, 2.24) is 0 Å². The lowest BCUT2D eigenvalue weighted by atomic mass is 9.46. The summed E-state index contributed by atoms with van der Waals surface area (Å²) in [7, 11) is 0. The third-order valence-corrected chi connectivity index (χ3v) is 9.10. The molecule has 3 saturated carbocycles. The normalized spacial score (nSPS) is 41.5. The minimum Gasteiger partial charge on any atom is -0.461 e. The number of nitriles is 1. The van der Waals surface area contributed by atoms with E-state index in [2.05, 4.69) is 19.9 Å². The summed E-state index contributed by atoms with van der Waals surface area (Å²) in [5, 5.41) is 9.31. The molecule has 0 aromatic carbocycles. The maximum Gasteiger partial charge on any atom is 0.302 e. The molecule has 0 aliphatic heterocycles. The van der Waals surface area contributed by atoms with Crippen LogP contribution in [0.5, 0.6) is 0 Å². The molecule has 4 nitrogen and oxygen atoms in total. The van der Waals surface area contributed by atoms with Gasteiger partial charge in [-0.1, -0.05) is 19.4 Å². The highest BCUT2D eigenvalue weighted by Gasteiger charge is 2.59. The van der Waals surface area contributed by atoms with E-state index in [9.17, 15) is 14.9 Å². The number of carbonyl (C=O) groups excluding carboxylic acids is 2. The summed E-state index contributed by atoms with van der Waals surface area (Å²) >= 11 is 0. The van der Waals surface area contributed by atoms with Gasteiger partial charge in [-0.05, 0) is 91.1 Å². The van der Waals surface area contributed by atoms with Gasteiger partial charge in [0.1, 0.15) is 6.61 Å². The molecule has 156 valence electrons. The van der Waals surface area contributed by atoms with Gasteiger partial charge < -0.3 is 4.74 Å². The Kier molecular flexibility index (Phi) is 5.21. The van der Waals surface area contributed by atoms with E-state index < -0.39 is 0 Å². The van der Waals surface area contributed by atoms with Crippen molar-refractivity contribution in [3.63, 3.8) is 0 Å². The van der Waals surface area contributed by atoms with Crippen molar-refractivity contribution in [3.05, 3.63) is 23.3 Å². The van der Waals surface area contributed by atoms with Gasteiger partial charge in [-0.3, -0.25) is 9.59 Å². The van der Waals surface area contributed by atoms with Gasteiger partial charge in [0.25, 0.3) is 0 Å². The standard InChI is InChI=1S/C25H33NO3/c1-16(27)29-15-17(10-13-26)21-6-7-22-20-5-4-18-14-19(28)8-11-24(18,2)23(20)9-12-25(21,22)3/h10,14,20-23H,4-9,11-12,15H2,1-3H3/t20-,21+,22-,23-,24-,25+/m0/s1. The maximum atomic E-state index is 12.0. The topological polar surface area (TPSA) is 67.2 Å². The van der Waals surface area contributed by atoms with Crippen LogP contribution in [0.2, 0.25) is 0 Å². The van der Waals surface area contributed by atoms with Gasteiger partial charge in [0.2, 0.25) is 0 Å². The summed E-state index contributed by atoms with van der Waals surface area (Å²) in [6.45, 7) is 6.51. The monoisotopic (exact) mass is 395 g/mol. The summed E-state index contributed by atoms with van der Waals surface area (Å²) in [5.41, 5.74) is 2.77. The second-order valence-corrected chi connectivity index (χ2v) is 10.3. The van der Waals surface area contributed by atoms with Gasteiger partial charge in [0, 0.05) is 19.4 Å². The van der Waals surface area contributed by atoms with Gasteiger partial charge in [0.15, 0.2) is 5.78 Å². The van der Waals surface area contributed by atoms with Gasteiger partial charge in [-0.15, -0.1) is 0 Å².